The van der Waals surface area contributed by atoms with Crippen LogP contribution in [0.5, 0.6) is 0 Å². The minimum absolute atomic E-state index is 0.0868. The van der Waals surface area contributed by atoms with Crippen LogP contribution >= 0.6 is 0 Å². The minimum Gasteiger partial charge on any atom is -0.481 e. The van der Waals surface area contributed by atoms with E-state index in [-0.39, 0.29) is 6.42 Å². The normalized spacial score (nSPS) is 10.5. The first kappa shape index (κ1) is 14.2. The molecule has 0 radical (unpaired) electrons. The molecule has 4 heteroatoms. The lowest BCUT2D eigenvalue weighted by Crippen LogP contribution is -2.15. The van der Waals surface area contributed by atoms with Crippen molar-refractivity contribution >= 4 is 17.5 Å². The van der Waals surface area contributed by atoms with Crippen LogP contribution < -0.4 is 4.90 Å². The molecule has 2 aromatic rings. The summed E-state index contributed by atoms with van der Waals surface area (Å²) in [5.74, 6) is 0.640. The lowest BCUT2D eigenvalue weighted by Gasteiger charge is -2.20. The zero-order valence-corrected chi connectivity index (χ0v) is 11.8. The van der Waals surface area contributed by atoms with Crippen molar-refractivity contribution in [2.45, 2.75) is 26.7 Å². The summed E-state index contributed by atoms with van der Waals surface area (Å²) in [6, 6.07) is 11.9. The van der Waals surface area contributed by atoms with E-state index in [4.69, 9.17) is 9.52 Å². The Balaban J connectivity index is 2.18. The van der Waals surface area contributed by atoms with Crippen molar-refractivity contribution < 1.29 is 14.3 Å². The summed E-state index contributed by atoms with van der Waals surface area (Å²) < 4.78 is 5.74. The lowest BCUT2D eigenvalue weighted by molar-refractivity contribution is -0.137. The predicted molar refractivity (Wildman–Crippen MR) is 78.5 cm³/mol. The molecule has 20 heavy (non-hydrogen) atoms. The molecule has 4 nitrogen and oxygen atoms in total. The van der Waals surface area contributed by atoms with E-state index in [2.05, 4.69) is 30.9 Å². The fourth-order valence-corrected chi connectivity index (χ4v) is 2.14. The number of hydrogen-bond acceptors (Lipinski definition) is 3. The number of carboxylic acids is 1. The van der Waals surface area contributed by atoms with E-state index in [0.717, 1.165) is 18.1 Å². The van der Waals surface area contributed by atoms with Gasteiger partial charge >= 0.3 is 5.97 Å². The van der Waals surface area contributed by atoms with Gasteiger partial charge in [0.1, 0.15) is 5.76 Å². The van der Waals surface area contributed by atoms with Crippen molar-refractivity contribution in [3.63, 3.8) is 0 Å². The summed E-state index contributed by atoms with van der Waals surface area (Å²) in [6.45, 7) is 4.90. The predicted octanol–water partition coefficient (Wildman–Crippen LogP) is 3.76. The molecule has 106 valence electrons. The second-order valence-corrected chi connectivity index (χ2v) is 4.72. The molecule has 0 aliphatic carbocycles. The highest BCUT2D eigenvalue weighted by atomic mass is 16.4. The van der Waals surface area contributed by atoms with Crippen LogP contribution in [-0.4, -0.2) is 17.6 Å². The highest BCUT2D eigenvalue weighted by Gasteiger charge is 2.12. The molecule has 2 rings (SSSR count). The average Bonchev–Trinajstić information content (AvgIpc) is 2.86. The maximum atomic E-state index is 10.6. The standard InChI is InChI=1S/C16H19NO3/c1-3-17(13-6-4-5-12(2)11-13)15-9-7-14(20-15)8-10-16(18)19/h4-7,9,11H,3,8,10H2,1-2H3,(H,18,19). The van der Waals surface area contributed by atoms with Gasteiger partial charge in [0.2, 0.25) is 0 Å². The summed E-state index contributed by atoms with van der Waals surface area (Å²) in [7, 11) is 0. The molecule has 0 fully saturated rings. The van der Waals surface area contributed by atoms with Crippen molar-refractivity contribution in [3.8, 4) is 0 Å². The molecule has 0 spiro atoms. The third-order valence-electron chi connectivity index (χ3n) is 3.13. The maximum absolute atomic E-state index is 10.6. The number of carbonyl (C=O) groups is 1. The molecule has 1 aromatic heterocycles. The van der Waals surface area contributed by atoms with E-state index < -0.39 is 5.97 Å². The van der Waals surface area contributed by atoms with Crippen LogP contribution in [0.25, 0.3) is 0 Å². The summed E-state index contributed by atoms with van der Waals surface area (Å²) in [6.07, 6.45) is 0.504. The number of aliphatic carboxylic acids is 1. The highest BCUT2D eigenvalue weighted by Crippen LogP contribution is 2.28. The highest BCUT2D eigenvalue weighted by molar-refractivity contribution is 5.67. The van der Waals surface area contributed by atoms with Gasteiger partial charge in [0.15, 0.2) is 5.88 Å². The molecule has 1 aromatic carbocycles. The Hall–Kier alpha value is -2.23. The first-order valence-electron chi connectivity index (χ1n) is 6.75. The molecule has 0 saturated carbocycles. The van der Waals surface area contributed by atoms with Gasteiger partial charge in [-0.15, -0.1) is 0 Å². The molecule has 0 bridgehead atoms. The quantitative estimate of drug-likeness (QED) is 0.870. The Morgan fingerprint density at radius 3 is 2.75 bits per heavy atom. The van der Waals surface area contributed by atoms with Gasteiger partial charge in [-0.2, -0.15) is 0 Å². The van der Waals surface area contributed by atoms with Gasteiger partial charge in [0.05, 0.1) is 6.42 Å². The van der Waals surface area contributed by atoms with Crippen LogP contribution in [0.1, 0.15) is 24.7 Å². The van der Waals surface area contributed by atoms with Gasteiger partial charge in [-0.3, -0.25) is 4.79 Å². The topological polar surface area (TPSA) is 53.7 Å². The van der Waals surface area contributed by atoms with E-state index in [1.54, 1.807) is 0 Å². The minimum atomic E-state index is -0.811. The number of nitrogens with zero attached hydrogens (tertiary/aromatic N) is 1. The molecule has 0 unspecified atom stereocenters. The van der Waals surface area contributed by atoms with Crippen LogP contribution in [0, 0.1) is 6.92 Å². The van der Waals surface area contributed by atoms with Gasteiger partial charge in [-0.05, 0) is 37.6 Å². The first-order chi connectivity index (χ1) is 9.60. The zero-order valence-electron chi connectivity index (χ0n) is 11.8. The molecule has 0 aliphatic rings. The molecular weight excluding hydrogens is 254 g/mol. The van der Waals surface area contributed by atoms with Crippen molar-refractivity contribution in [2.24, 2.45) is 0 Å². The third-order valence-corrected chi connectivity index (χ3v) is 3.13. The Bertz CT molecular complexity index is 589. The van der Waals surface area contributed by atoms with Crippen LogP contribution in [0.15, 0.2) is 40.8 Å². The Kier molecular flexibility index (Phi) is 4.45. The molecule has 0 saturated heterocycles. The number of carboxylic acid groups (broad SMARTS) is 1. The van der Waals surface area contributed by atoms with Gasteiger partial charge < -0.3 is 14.4 Å². The van der Waals surface area contributed by atoms with Crippen molar-refractivity contribution in [3.05, 3.63) is 47.7 Å². The Morgan fingerprint density at radius 1 is 1.30 bits per heavy atom. The van der Waals surface area contributed by atoms with Gasteiger partial charge in [0.25, 0.3) is 0 Å². The Labute approximate surface area is 118 Å². The second-order valence-electron chi connectivity index (χ2n) is 4.72. The van der Waals surface area contributed by atoms with E-state index in [0.29, 0.717) is 12.2 Å². The molecular formula is C16H19NO3. The fraction of sp³-hybridized carbons (Fsp3) is 0.312. The zero-order chi connectivity index (χ0) is 14.5. The first-order valence-corrected chi connectivity index (χ1v) is 6.75. The molecule has 0 aliphatic heterocycles. The number of furan rings is 1. The van der Waals surface area contributed by atoms with E-state index in [9.17, 15) is 4.79 Å². The van der Waals surface area contributed by atoms with Crippen LogP contribution in [-0.2, 0) is 11.2 Å². The number of hydrogen-bond donors (Lipinski definition) is 1. The largest absolute Gasteiger partial charge is 0.481 e. The van der Waals surface area contributed by atoms with Gasteiger partial charge in [0, 0.05) is 24.7 Å². The van der Waals surface area contributed by atoms with Crippen LogP contribution in [0.2, 0.25) is 0 Å². The third kappa shape index (κ3) is 3.41. The van der Waals surface area contributed by atoms with Crippen molar-refractivity contribution in [1.29, 1.82) is 0 Å². The summed E-state index contributed by atoms with van der Waals surface area (Å²) in [4.78, 5) is 12.6. The van der Waals surface area contributed by atoms with E-state index in [1.165, 1.54) is 5.56 Å². The number of anilines is 2. The Morgan fingerprint density at radius 2 is 2.10 bits per heavy atom. The molecule has 1 heterocycles. The van der Waals surface area contributed by atoms with Gasteiger partial charge in [-0.25, -0.2) is 0 Å². The smallest absolute Gasteiger partial charge is 0.303 e. The number of benzene rings is 1. The van der Waals surface area contributed by atoms with E-state index >= 15 is 0 Å². The summed E-state index contributed by atoms with van der Waals surface area (Å²) in [5, 5.41) is 8.69. The number of rotatable bonds is 6. The second kappa shape index (κ2) is 6.28. The average molecular weight is 273 g/mol. The summed E-state index contributed by atoms with van der Waals surface area (Å²) in [5.41, 5.74) is 2.27. The maximum Gasteiger partial charge on any atom is 0.303 e. The monoisotopic (exact) mass is 273 g/mol. The molecule has 0 amide bonds. The fourth-order valence-electron chi connectivity index (χ4n) is 2.14. The van der Waals surface area contributed by atoms with Crippen molar-refractivity contribution in [1.82, 2.24) is 0 Å². The van der Waals surface area contributed by atoms with Gasteiger partial charge in [-0.1, -0.05) is 12.1 Å². The SMILES string of the molecule is CCN(c1cccc(C)c1)c1ccc(CCC(=O)O)o1. The number of aryl methyl sites for hydroxylation is 2. The van der Waals surface area contributed by atoms with E-state index in [1.807, 2.05) is 24.3 Å². The van der Waals surface area contributed by atoms with Crippen LogP contribution in [0.4, 0.5) is 11.6 Å². The summed E-state index contributed by atoms with van der Waals surface area (Å²) >= 11 is 0. The van der Waals surface area contributed by atoms with Crippen LogP contribution in [0.3, 0.4) is 0 Å². The molecule has 1 N–H and O–H groups in total. The molecule has 0 atom stereocenters. The lowest BCUT2D eigenvalue weighted by atomic mass is 10.2. The van der Waals surface area contributed by atoms with Crippen molar-refractivity contribution in [2.75, 3.05) is 11.4 Å².